The average Bonchev–Trinajstić information content (AvgIpc) is 1.60. The Hall–Kier alpha value is -14.5. The third kappa shape index (κ3) is 29.5. The number of unbranched alkanes of at least 4 members (excludes halogenated alkanes) is 1. The summed E-state index contributed by atoms with van der Waals surface area (Å²) in [5.74, 6) is -27.2. The number of carboxylic acids is 1. The van der Waals surface area contributed by atoms with Crippen LogP contribution < -0.4 is 59.3 Å². The zero-order chi connectivity index (χ0) is 102. The molecule has 140 heavy (non-hydrogen) atoms. The van der Waals surface area contributed by atoms with Crippen LogP contribution in [0.1, 0.15) is 112 Å². The summed E-state index contributed by atoms with van der Waals surface area (Å²) in [4.78, 5) is 260. The van der Waals surface area contributed by atoms with Gasteiger partial charge in [-0.15, -0.1) is 11.8 Å². The summed E-state index contributed by atoms with van der Waals surface area (Å²) < 4.78 is 45.2. The summed E-state index contributed by atoms with van der Waals surface area (Å²) in [6.07, 6.45) is -7.06. The third-order valence-corrected chi connectivity index (χ3v) is 25.7. The molecule has 10 rings (SSSR count). The van der Waals surface area contributed by atoms with E-state index in [1.165, 1.54) is 76.5 Å². The van der Waals surface area contributed by atoms with Gasteiger partial charge in [-0.1, -0.05) is 137 Å². The molecule has 6 aromatic carbocycles. The number of fused-ring (bicyclic) bond motifs is 3. The van der Waals surface area contributed by atoms with Gasteiger partial charge in [0.25, 0.3) is 0 Å². The molecule has 1 unspecified atom stereocenters. The van der Waals surface area contributed by atoms with Crippen molar-refractivity contribution in [2.45, 2.75) is 208 Å². The molecule has 3 aliphatic heterocycles. The minimum atomic E-state index is -2.07. The molecule has 16 amide bonds. The topological polar surface area (TPSA) is 584 Å². The number of aromatic amines is 1. The Morgan fingerprint density at radius 2 is 0.964 bits per heavy atom. The lowest BCUT2D eigenvalue weighted by atomic mass is 9.98. The van der Waals surface area contributed by atoms with Gasteiger partial charge in [0.05, 0.1) is 30.9 Å². The first kappa shape index (κ1) is 108. The van der Waals surface area contributed by atoms with E-state index >= 15 is 56.7 Å². The number of aromatic hydroxyl groups is 2. The monoisotopic (exact) mass is 1960 g/mol. The number of halogens is 3. The van der Waals surface area contributed by atoms with E-state index in [1.54, 1.807) is 98.0 Å². The van der Waals surface area contributed by atoms with Crippen LogP contribution in [0.25, 0.3) is 10.9 Å². The molecule has 0 aliphatic carbocycles. The Balaban J connectivity index is 1.07. The molecular weight excluding hydrogens is 1840 g/mol. The highest BCUT2D eigenvalue weighted by Gasteiger charge is 2.49. The van der Waals surface area contributed by atoms with E-state index in [2.05, 4.69) is 52.8 Å². The standard InChI is InChI=1S/C97H118F3N17O22S/c1-7-8-23-74-96(138)117-49-62(121)44-78(117)92(134)109-70(45-82(125)126)89(131)112-84(52(2)3)97(139)115(6)76(41-54-19-13-10-14-20-54)90(132)110-72(39-56-26-31-60(119)32-27-56)94(136)116-48-61(120)43-77(116)91(133)108-69(42-58-46-103-66-22-16-15-21-63(58)66)88(130)107-68(38-55-24-29-59(118)30-25-55)87(129)106-67(33-35-79(101)122)86(128)111-73(85(127)104-47-80(102)123)50-140-51-81(124)105-71(40-57-36-64(98)83(100)65(99)37-57)93(135)113(4)75(95(137)114(74)5)34-28-53-17-11-9-12-18-53/h9-22,24-27,29-32,36-37,46,52,61-62,67-78,84,103,118-121H,7-8,23,28,33-35,38-45,47-51H2,1-6H3,(H2,101,122)(H2,102,123)(H,104,127)(H,105,124)(H,106,129)(H,107,130)(H,108,133)(H,109,134)(H,110,132)(H,111,128)(H,112,131)(H,125,126)/t61-,62-,67+,68+,69+,70+,71+,72+,73+,74+,75+,76?,77+,78-,84+/m1/s1. The molecule has 4 heterocycles. The number of aryl methyl sites for hydroxylation is 1. The van der Waals surface area contributed by atoms with Gasteiger partial charge in [0, 0.05) is 108 Å². The molecule has 0 bridgehead atoms. The molecule has 39 nitrogen and oxygen atoms in total. The maximum atomic E-state index is 15.8. The number of nitrogens with one attached hydrogen (secondary N) is 10. The van der Waals surface area contributed by atoms with Gasteiger partial charge in [-0.3, -0.25) is 81.5 Å². The predicted molar refractivity (Wildman–Crippen MR) is 502 cm³/mol. The number of H-pyrrole nitrogens is 1. The summed E-state index contributed by atoms with van der Waals surface area (Å²) in [7, 11) is 3.59. The number of nitrogens with zero attached hydrogens (tertiary/aromatic N) is 5. The lowest BCUT2D eigenvalue weighted by Crippen LogP contribution is -2.62. The third-order valence-electron chi connectivity index (χ3n) is 24.7. The number of nitrogens with two attached hydrogens (primary N) is 2. The Kier molecular flexibility index (Phi) is 38.6. The molecule has 3 fully saturated rings. The lowest BCUT2D eigenvalue weighted by molar-refractivity contribution is -0.152. The van der Waals surface area contributed by atoms with Crippen LogP contribution in [0.4, 0.5) is 13.2 Å². The number of thioether (sulfide) groups is 1. The number of hydrogen-bond acceptors (Lipinski definition) is 22. The molecule has 3 aliphatic rings. The van der Waals surface area contributed by atoms with E-state index in [0.717, 1.165) is 31.5 Å². The quantitative estimate of drug-likeness (QED) is 0.0344. The fraction of sp³-hybridized carbons (Fsp3) is 0.433. The van der Waals surface area contributed by atoms with Crippen molar-refractivity contribution in [1.29, 1.82) is 0 Å². The van der Waals surface area contributed by atoms with E-state index < -0.39 is 309 Å². The van der Waals surface area contributed by atoms with Crippen molar-refractivity contribution in [2.75, 3.05) is 52.3 Å². The highest BCUT2D eigenvalue weighted by Crippen LogP contribution is 2.30. The molecule has 15 atom stereocenters. The van der Waals surface area contributed by atoms with Gasteiger partial charge in [0.1, 0.15) is 90.0 Å². The number of aliphatic hydroxyl groups excluding tert-OH is 2. The molecule has 750 valence electrons. The first-order valence-electron chi connectivity index (χ1n) is 45.7. The van der Waals surface area contributed by atoms with Crippen LogP contribution in [-0.2, 0) is 120 Å². The zero-order valence-corrected chi connectivity index (χ0v) is 78.7. The minimum absolute atomic E-state index is 0.0255. The first-order chi connectivity index (χ1) is 66.6. The van der Waals surface area contributed by atoms with Gasteiger partial charge in [0.15, 0.2) is 17.5 Å². The normalized spacial score (nSPS) is 24.0. The molecule has 0 spiro atoms. The number of primary amides is 2. The summed E-state index contributed by atoms with van der Waals surface area (Å²) in [6, 6.07) is 12.4. The Morgan fingerprint density at radius 3 is 1.54 bits per heavy atom. The number of hydrogen-bond donors (Lipinski definition) is 17. The number of aliphatic carboxylic acids is 1. The molecule has 1 aromatic heterocycles. The minimum Gasteiger partial charge on any atom is -0.508 e. The maximum absolute atomic E-state index is 15.8. The number of carbonyl (C=O) groups is 17. The number of rotatable bonds is 25. The number of para-hydroxylation sites is 1. The smallest absolute Gasteiger partial charge is 0.305 e. The second-order valence-corrected chi connectivity index (χ2v) is 36.5. The molecule has 19 N–H and O–H groups in total. The van der Waals surface area contributed by atoms with Crippen molar-refractivity contribution >= 4 is 123 Å². The van der Waals surface area contributed by atoms with Crippen LogP contribution in [0, 0.1) is 23.4 Å². The zero-order valence-electron chi connectivity index (χ0n) is 77.9. The molecular formula is C97H118F3N17O22S. The number of aromatic nitrogens is 1. The number of likely N-dealkylation sites (N-methyl/N-ethyl adjacent to an activating group) is 3. The van der Waals surface area contributed by atoms with Crippen LogP contribution in [0.2, 0.25) is 0 Å². The van der Waals surface area contributed by atoms with Gasteiger partial charge in [0.2, 0.25) is 94.5 Å². The molecule has 3 saturated heterocycles. The van der Waals surface area contributed by atoms with Crippen molar-refractivity contribution in [2.24, 2.45) is 17.4 Å². The Morgan fingerprint density at radius 1 is 0.486 bits per heavy atom. The summed E-state index contributed by atoms with van der Waals surface area (Å²) in [6.45, 7) is 2.76. The molecule has 0 saturated carbocycles. The fourth-order valence-corrected chi connectivity index (χ4v) is 17.9. The van der Waals surface area contributed by atoms with Gasteiger partial charge < -0.3 is 114 Å². The van der Waals surface area contributed by atoms with E-state index in [-0.39, 0.29) is 49.2 Å². The Labute approximate surface area is 808 Å². The van der Waals surface area contributed by atoms with Crippen LogP contribution in [0.15, 0.2) is 152 Å². The second kappa shape index (κ2) is 50.2. The van der Waals surface area contributed by atoms with Crippen molar-refractivity contribution < 1.29 is 120 Å². The van der Waals surface area contributed by atoms with E-state index in [1.807, 2.05) is 0 Å². The SMILES string of the molecule is CCCC[C@H]1C(=O)N2C[C@H](O)C[C@@H]2C(=O)N[C@@H](CC(=O)O)C(=O)N[C@@H](C(C)C)C(=O)N(C)C(Cc2ccccc2)C(=O)N[C@@H](Cc2ccc(O)cc2)C(=O)N2C[C@H](O)C[C@H]2C(=O)N[C@@H](Cc2c[nH]c3ccccc23)C(=O)N[C@@H](Cc2ccc(O)cc2)C(=O)N[C@@H](CCC(N)=O)C(=O)N[C@H](C(=O)NCC(N)=O)CSCC(=O)N[C@@H](Cc2cc(F)c(F)c(F)c2)C(=O)N(C)[C@@H](CCc2ccccc2)C(=O)N1C. The highest BCUT2D eigenvalue weighted by molar-refractivity contribution is 8.00. The summed E-state index contributed by atoms with van der Waals surface area (Å²) >= 11 is 0.584. The fourth-order valence-electron chi connectivity index (χ4n) is 17.1. The molecule has 0 radical (unpaired) electrons. The highest BCUT2D eigenvalue weighted by atomic mass is 32.2. The molecule has 7 aromatic rings. The van der Waals surface area contributed by atoms with Crippen LogP contribution in [-0.4, -0.2) is 299 Å². The van der Waals surface area contributed by atoms with E-state index in [0.29, 0.717) is 63.5 Å². The van der Waals surface area contributed by atoms with Crippen LogP contribution in [0.3, 0.4) is 0 Å². The van der Waals surface area contributed by atoms with E-state index in [9.17, 15) is 63.5 Å². The first-order valence-corrected chi connectivity index (χ1v) is 46.9. The van der Waals surface area contributed by atoms with Crippen molar-refractivity contribution in [1.82, 2.24) is 77.3 Å². The molecule has 43 heteroatoms. The van der Waals surface area contributed by atoms with Crippen molar-refractivity contribution in [3.8, 4) is 11.5 Å². The number of carboxylic acid groups (broad SMARTS) is 1. The van der Waals surface area contributed by atoms with Crippen LogP contribution >= 0.6 is 11.8 Å². The van der Waals surface area contributed by atoms with Gasteiger partial charge in [-0.2, -0.15) is 0 Å². The second-order valence-electron chi connectivity index (χ2n) is 35.4. The lowest BCUT2D eigenvalue weighted by Gasteiger charge is -2.38. The summed E-state index contributed by atoms with van der Waals surface area (Å²) in [5.41, 5.74) is 13.3. The van der Waals surface area contributed by atoms with Gasteiger partial charge >= 0.3 is 5.97 Å². The number of phenols is 2. The van der Waals surface area contributed by atoms with Gasteiger partial charge in [-0.05, 0) is 107 Å². The van der Waals surface area contributed by atoms with E-state index in [4.69, 9.17) is 11.5 Å². The number of amides is 16. The predicted octanol–water partition coefficient (Wildman–Crippen LogP) is 0.360. The van der Waals surface area contributed by atoms with Crippen LogP contribution in [0.5, 0.6) is 11.5 Å². The maximum Gasteiger partial charge on any atom is 0.305 e. The number of carbonyl (C=O) groups excluding carboxylic acids is 16. The Bertz CT molecular complexity index is 5630. The number of benzene rings is 6. The number of phenolic OH excluding ortho intramolecular Hbond substituents is 2. The van der Waals surface area contributed by atoms with Crippen molar-refractivity contribution in [3.63, 3.8) is 0 Å². The van der Waals surface area contributed by atoms with Gasteiger partial charge in [-0.25, -0.2) is 13.2 Å². The average molecular weight is 1960 g/mol. The van der Waals surface area contributed by atoms with Crippen molar-refractivity contribution in [3.05, 3.63) is 203 Å². The largest absolute Gasteiger partial charge is 0.508 e. The summed E-state index contributed by atoms with van der Waals surface area (Å²) in [5, 5.41) is 77.8. The number of aliphatic hydroxyl groups is 2.